The Labute approximate surface area is 132 Å². The molecule has 0 radical (unpaired) electrons. The predicted octanol–water partition coefficient (Wildman–Crippen LogP) is 5.35. The molecule has 1 aromatic rings. The molecule has 3 rings (SSSR count). The minimum Gasteiger partial charge on any atom is -0.333 e. The molecule has 6 heteroatoms. The van der Waals surface area contributed by atoms with Crippen molar-refractivity contribution < 1.29 is 4.39 Å². The molecule has 0 aromatic heterocycles. The molecule has 1 saturated carbocycles. The Morgan fingerprint density at radius 2 is 1.80 bits per heavy atom. The lowest BCUT2D eigenvalue weighted by Gasteiger charge is -2.29. The third-order valence-electron chi connectivity index (χ3n) is 3.84. The maximum absolute atomic E-state index is 13.2. The minimum absolute atomic E-state index is 0.0875. The van der Waals surface area contributed by atoms with E-state index < -0.39 is 5.82 Å². The molecule has 1 fully saturated rings. The summed E-state index contributed by atoms with van der Waals surface area (Å²) in [4.78, 5) is 4.84. The van der Waals surface area contributed by atoms with Crippen LogP contribution in [0.5, 0.6) is 0 Å². The van der Waals surface area contributed by atoms with E-state index in [-0.39, 0.29) is 15.6 Å². The number of rotatable bonds is 1. The fourth-order valence-corrected chi connectivity index (χ4v) is 4.53. The van der Waals surface area contributed by atoms with Gasteiger partial charge in [0.15, 0.2) is 5.17 Å². The van der Waals surface area contributed by atoms with Crippen LogP contribution < -0.4 is 5.32 Å². The average molecular weight is 333 g/mol. The summed E-state index contributed by atoms with van der Waals surface area (Å²) in [7, 11) is 0. The average Bonchev–Trinajstić information content (AvgIpc) is 2.77. The third kappa shape index (κ3) is 2.92. The van der Waals surface area contributed by atoms with Gasteiger partial charge in [-0.3, -0.25) is 4.99 Å². The van der Waals surface area contributed by atoms with Crippen LogP contribution in [0.1, 0.15) is 32.1 Å². The highest BCUT2D eigenvalue weighted by Crippen LogP contribution is 2.41. The Hall–Kier alpha value is -0.450. The molecule has 2 nitrogen and oxygen atoms in total. The first kappa shape index (κ1) is 14.5. The summed E-state index contributed by atoms with van der Waals surface area (Å²) in [5, 5.41) is 4.56. The molecule has 0 unspecified atom stereocenters. The van der Waals surface area contributed by atoms with Crippen molar-refractivity contribution in [3.8, 4) is 0 Å². The number of hydrogen-bond donors (Lipinski definition) is 1. The van der Waals surface area contributed by atoms with Gasteiger partial charge in [0, 0.05) is 5.75 Å². The zero-order valence-electron chi connectivity index (χ0n) is 10.9. The molecular formula is C14H15Cl2FN2S. The lowest BCUT2D eigenvalue weighted by Crippen LogP contribution is -2.29. The minimum atomic E-state index is -0.435. The highest BCUT2D eigenvalue weighted by molar-refractivity contribution is 8.14. The van der Waals surface area contributed by atoms with Crippen molar-refractivity contribution in [2.45, 2.75) is 37.6 Å². The number of aliphatic imine (C=N–C) groups is 1. The van der Waals surface area contributed by atoms with Gasteiger partial charge in [0.2, 0.25) is 0 Å². The van der Waals surface area contributed by atoms with Crippen LogP contribution in [-0.2, 0) is 0 Å². The summed E-state index contributed by atoms with van der Waals surface area (Å²) in [6, 6.07) is 2.51. The highest BCUT2D eigenvalue weighted by atomic mass is 35.5. The Kier molecular flexibility index (Phi) is 4.16. The van der Waals surface area contributed by atoms with E-state index in [1.54, 1.807) is 11.8 Å². The van der Waals surface area contributed by atoms with Gasteiger partial charge in [-0.1, -0.05) is 54.2 Å². The second kappa shape index (κ2) is 5.74. The lowest BCUT2D eigenvalue weighted by atomic mass is 9.84. The Bertz CT molecular complexity index is 533. The molecule has 1 aliphatic carbocycles. The zero-order chi connectivity index (χ0) is 14.2. The first-order chi connectivity index (χ1) is 9.58. The van der Waals surface area contributed by atoms with E-state index in [1.807, 2.05) is 0 Å². The number of benzene rings is 1. The van der Waals surface area contributed by atoms with E-state index in [9.17, 15) is 4.39 Å². The smallest absolute Gasteiger partial charge is 0.161 e. The van der Waals surface area contributed by atoms with Crippen molar-refractivity contribution in [2.75, 3.05) is 11.1 Å². The number of amidine groups is 1. The number of nitrogens with one attached hydrogen (secondary N) is 1. The highest BCUT2D eigenvalue weighted by Gasteiger charge is 2.36. The van der Waals surface area contributed by atoms with Gasteiger partial charge in [-0.2, -0.15) is 0 Å². The summed E-state index contributed by atoms with van der Waals surface area (Å²) in [5.41, 5.74) is 0.623. The van der Waals surface area contributed by atoms with Crippen molar-refractivity contribution in [1.29, 1.82) is 0 Å². The van der Waals surface area contributed by atoms with E-state index in [0.29, 0.717) is 5.69 Å². The maximum Gasteiger partial charge on any atom is 0.161 e. The second-order valence-electron chi connectivity index (χ2n) is 5.36. The topological polar surface area (TPSA) is 24.4 Å². The van der Waals surface area contributed by atoms with Crippen molar-refractivity contribution in [3.63, 3.8) is 0 Å². The molecule has 1 aliphatic heterocycles. The molecule has 0 atom stereocenters. The van der Waals surface area contributed by atoms with Crippen LogP contribution in [-0.4, -0.2) is 16.5 Å². The lowest BCUT2D eigenvalue weighted by molar-refractivity contribution is 0.335. The molecule has 20 heavy (non-hydrogen) atoms. The van der Waals surface area contributed by atoms with E-state index in [0.717, 1.165) is 23.8 Å². The zero-order valence-corrected chi connectivity index (χ0v) is 13.2. The van der Waals surface area contributed by atoms with Crippen LogP contribution in [0.4, 0.5) is 10.1 Å². The molecule has 1 aromatic carbocycles. The molecule has 2 aliphatic rings. The predicted molar refractivity (Wildman–Crippen MR) is 85.8 cm³/mol. The first-order valence-electron chi connectivity index (χ1n) is 6.72. The van der Waals surface area contributed by atoms with Gasteiger partial charge in [-0.25, -0.2) is 4.39 Å². The van der Waals surface area contributed by atoms with Crippen molar-refractivity contribution in [3.05, 3.63) is 28.0 Å². The molecule has 1 N–H and O–H groups in total. The number of nitrogens with zero attached hydrogens (tertiary/aromatic N) is 1. The third-order valence-corrected chi connectivity index (χ3v) is 5.58. The van der Waals surface area contributed by atoms with Crippen LogP contribution in [0.25, 0.3) is 0 Å². The fraction of sp³-hybridized carbons (Fsp3) is 0.500. The number of halogens is 3. The Morgan fingerprint density at radius 1 is 1.15 bits per heavy atom. The van der Waals surface area contributed by atoms with E-state index in [1.165, 1.54) is 31.4 Å². The van der Waals surface area contributed by atoms with Crippen LogP contribution in [0.3, 0.4) is 0 Å². The summed E-state index contributed by atoms with van der Waals surface area (Å²) < 4.78 is 13.2. The molecule has 1 heterocycles. The molecule has 0 saturated heterocycles. The van der Waals surface area contributed by atoms with Crippen LogP contribution in [0.2, 0.25) is 10.0 Å². The van der Waals surface area contributed by atoms with Gasteiger partial charge in [0.05, 0.1) is 21.3 Å². The van der Waals surface area contributed by atoms with Gasteiger partial charge in [-0.05, 0) is 25.0 Å². The summed E-state index contributed by atoms with van der Waals surface area (Å²) >= 11 is 13.8. The van der Waals surface area contributed by atoms with E-state index >= 15 is 0 Å². The van der Waals surface area contributed by atoms with Gasteiger partial charge in [-0.15, -0.1) is 0 Å². The largest absolute Gasteiger partial charge is 0.333 e. The molecule has 1 spiro atoms. The second-order valence-corrected chi connectivity index (χ2v) is 7.14. The van der Waals surface area contributed by atoms with Crippen molar-refractivity contribution >= 4 is 45.8 Å². The van der Waals surface area contributed by atoms with Gasteiger partial charge in [0.1, 0.15) is 5.82 Å². The van der Waals surface area contributed by atoms with Crippen molar-refractivity contribution in [1.82, 2.24) is 0 Å². The normalized spacial score (nSPS) is 21.1. The summed E-state index contributed by atoms with van der Waals surface area (Å²) in [6.45, 7) is 0. The number of thioether (sulfide) groups is 1. The quantitative estimate of drug-likeness (QED) is 0.749. The van der Waals surface area contributed by atoms with Crippen molar-refractivity contribution in [2.24, 2.45) is 4.99 Å². The van der Waals surface area contributed by atoms with E-state index in [2.05, 4.69) is 5.32 Å². The SMILES string of the molecule is Fc1cc(Cl)c(NC2=NC3(CCCCC3)CS2)c(Cl)c1. The number of anilines is 1. The molecular weight excluding hydrogens is 318 g/mol. The van der Waals surface area contributed by atoms with Crippen LogP contribution in [0, 0.1) is 5.82 Å². The molecule has 0 bridgehead atoms. The summed E-state index contributed by atoms with van der Waals surface area (Å²) in [5.74, 6) is 0.571. The molecule has 108 valence electrons. The standard InChI is InChI=1S/C14H15Cl2FN2S/c15-10-6-9(17)7-11(16)12(10)18-13-19-14(8-20-13)4-2-1-3-5-14/h6-7H,1-5,8H2,(H,18,19). The fourth-order valence-electron chi connectivity index (χ4n) is 2.78. The first-order valence-corrected chi connectivity index (χ1v) is 8.46. The van der Waals surface area contributed by atoms with E-state index in [4.69, 9.17) is 28.2 Å². The maximum atomic E-state index is 13.2. The van der Waals surface area contributed by atoms with Gasteiger partial charge in [0.25, 0.3) is 0 Å². The van der Waals surface area contributed by atoms with Gasteiger partial charge >= 0.3 is 0 Å². The molecule has 0 amide bonds. The monoisotopic (exact) mass is 332 g/mol. The summed E-state index contributed by atoms with van der Waals surface area (Å²) in [6.07, 6.45) is 6.09. The Balaban J connectivity index is 1.80. The van der Waals surface area contributed by atoms with Crippen LogP contribution >= 0.6 is 35.0 Å². The number of hydrogen-bond acceptors (Lipinski definition) is 3. The Morgan fingerprint density at radius 3 is 2.45 bits per heavy atom. The van der Waals surface area contributed by atoms with Crippen LogP contribution in [0.15, 0.2) is 17.1 Å². The van der Waals surface area contributed by atoms with Gasteiger partial charge < -0.3 is 5.32 Å².